The quantitative estimate of drug-likeness (QED) is 0.790. The lowest BCUT2D eigenvalue weighted by Crippen LogP contribution is -2.41. The van der Waals surface area contributed by atoms with Crippen LogP contribution in [0.2, 0.25) is 5.02 Å². The van der Waals surface area contributed by atoms with E-state index in [1.807, 2.05) is 4.90 Å². The zero-order valence-corrected chi connectivity index (χ0v) is 14.9. The van der Waals surface area contributed by atoms with E-state index in [1.54, 1.807) is 25.3 Å². The lowest BCUT2D eigenvalue weighted by atomic mass is 10.1. The minimum absolute atomic E-state index is 0. The molecule has 1 aliphatic rings. The number of nitrogens with zero attached hydrogens (tertiary/aromatic N) is 1. The Morgan fingerprint density at radius 3 is 2.70 bits per heavy atom. The van der Waals surface area contributed by atoms with Crippen LogP contribution < -0.4 is 10.5 Å². The van der Waals surface area contributed by atoms with Crippen molar-refractivity contribution >= 4 is 29.9 Å². The molecule has 0 atom stereocenters. The van der Waals surface area contributed by atoms with Gasteiger partial charge in [-0.2, -0.15) is 0 Å². The highest BCUT2D eigenvalue weighted by Crippen LogP contribution is 2.25. The molecule has 1 heterocycles. The average Bonchev–Trinajstić information content (AvgIpc) is 2.55. The second kappa shape index (κ2) is 9.98. The monoisotopic (exact) mass is 362 g/mol. The third-order valence-electron chi connectivity index (χ3n) is 3.82. The first-order valence-corrected chi connectivity index (χ1v) is 7.98. The molecule has 0 radical (unpaired) electrons. The third kappa shape index (κ3) is 5.53. The smallest absolute Gasteiger partial charge is 0.257 e. The van der Waals surface area contributed by atoms with Crippen molar-refractivity contribution in [2.24, 2.45) is 5.73 Å². The molecule has 1 aliphatic heterocycles. The molecule has 5 nitrogen and oxygen atoms in total. The Labute approximate surface area is 148 Å². The predicted molar refractivity (Wildman–Crippen MR) is 93.8 cm³/mol. The van der Waals surface area contributed by atoms with Crippen LogP contribution in [-0.2, 0) is 4.74 Å². The highest BCUT2D eigenvalue weighted by Gasteiger charge is 2.25. The van der Waals surface area contributed by atoms with Crippen molar-refractivity contribution in [1.82, 2.24) is 4.90 Å². The predicted octanol–water partition coefficient (Wildman–Crippen LogP) is 2.74. The summed E-state index contributed by atoms with van der Waals surface area (Å²) in [5.41, 5.74) is 5.97. The maximum atomic E-state index is 12.6. The van der Waals surface area contributed by atoms with Gasteiger partial charge in [-0.15, -0.1) is 12.4 Å². The van der Waals surface area contributed by atoms with E-state index in [1.165, 1.54) is 0 Å². The lowest BCUT2D eigenvalue weighted by molar-refractivity contribution is 0.00838. The van der Waals surface area contributed by atoms with Crippen molar-refractivity contribution in [1.29, 1.82) is 0 Å². The number of benzene rings is 1. The largest absolute Gasteiger partial charge is 0.496 e. The molecular weight excluding hydrogens is 339 g/mol. The highest BCUT2D eigenvalue weighted by atomic mass is 35.5. The van der Waals surface area contributed by atoms with Crippen LogP contribution in [0.5, 0.6) is 5.75 Å². The number of hydrogen-bond donors (Lipinski definition) is 1. The molecule has 7 heteroatoms. The van der Waals surface area contributed by atoms with Crippen molar-refractivity contribution in [3.63, 3.8) is 0 Å². The zero-order chi connectivity index (χ0) is 15.9. The first-order chi connectivity index (χ1) is 10.7. The highest BCUT2D eigenvalue weighted by molar-refractivity contribution is 6.31. The number of ether oxygens (including phenoxy) is 2. The van der Waals surface area contributed by atoms with E-state index < -0.39 is 0 Å². The minimum Gasteiger partial charge on any atom is -0.496 e. The van der Waals surface area contributed by atoms with Crippen molar-refractivity contribution in [3.05, 3.63) is 28.8 Å². The Morgan fingerprint density at radius 2 is 2.09 bits per heavy atom. The molecule has 0 aliphatic carbocycles. The number of rotatable bonds is 6. The van der Waals surface area contributed by atoms with Gasteiger partial charge in [0.15, 0.2) is 0 Å². The fraction of sp³-hybridized carbons (Fsp3) is 0.562. The number of carbonyl (C=O) groups is 1. The minimum atomic E-state index is -0.0419. The van der Waals surface area contributed by atoms with Gasteiger partial charge < -0.3 is 20.1 Å². The van der Waals surface area contributed by atoms with Gasteiger partial charge in [-0.25, -0.2) is 0 Å². The summed E-state index contributed by atoms with van der Waals surface area (Å²) in [6.07, 6.45) is 2.79. The van der Waals surface area contributed by atoms with Gasteiger partial charge in [0.05, 0.1) is 18.8 Å². The molecule has 2 rings (SSSR count). The van der Waals surface area contributed by atoms with Gasteiger partial charge in [0, 0.05) is 24.7 Å². The molecule has 1 aromatic carbocycles. The molecule has 0 spiro atoms. The van der Waals surface area contributed by atoms with Gasteiger partial charge in [-0.3, -0.25) is 4.79 Å². The Bertz CT molecular complexity index is 506. The number of nitrogens with two attached hydrogens (primary N) is 1. The molecule has 0 unspecified atom stereocenters. The van der Waals surface area contributed by atoms with Crippen molar-refractivity contribution in [2.75, 3.05) is 33.4 Å². The fourth-order valence-corrected chi connectivity index (χ4v) is 2.75. The standard InChI is InChI=1S/C16H23ClN2O3.ClH/c1-21-15-4-3-12(17)11-14(15)16(20)19-8-5-13(6-9-19)22-10-2-7-18;/h3-4,11,13H,2,5-10,18H2,1H3;1H. The zero-order valence-electron chi connectivity index (χ0n) is 13.3. The SMILES string of the molecule is COc1ccc(Cl)cc1C(=O)N1CCC(OCCCN)CC1.Cl. The first-order valence-electron chi connectivity index (χ1n) is 7.60. The summed E-state index contributed by atoms with van der Waals surface area (Å²) >= 11 is 5.99. The molecule has 23 heavy (non-hydrogen) atoms. The van der Waals surface area contributed by atoms with E-state index in [-0.39, 0.29) is 24.4 Å². The number of amides is 1. The van der Waals surface area contributed by atoms with E-state index in [9.17, 15) is 4.79 Å². The summed E-state index contributed by atoms with van der Waals surface area (Å²) in [5.74, 6) is 0.510. The van der Waals surface area contributed by atoms with Crippen LogP contribution in [0.4, 0.5) is 0 Å². The number of halogens is 2. The van der Waals surface area contributed by atoms with Crippen LogP contribution in [0.1, 0.15) is 29.6 Å². The van der Waals surface area contributed by atoms with Crippen molar-refractivity contribution in [3.8, 4) is 5.75 Å². The van der Waals surface area contributed by atoms with E-state index in [0.29, 0.717) is 42.6 Å². The molecule has 2 N–H and O–H groups in total. The molecule has 0 saturated carbocycles. The molecule has 0 aromatic heterocycles. The van der Waals surface area contributed by atoms with Crippen molar-refractivity contribution in [2.45, 2.75) is 25.4 Å². The van der Waals surface area contributed by atoms with Gasteiger partial charge in [0.2, 0.25) is 0 Å². The Morgan fingerprint density at radius 1 is 1.39 bits per heavy atom. The summed E-state index contributed by atoms with van der Waals surface area (Å²) in [6.45, 7) is 2.70. The molecular formula is C16H24Cl2N2O3. The van der Waals surface area contributed by atoms with Crippen LogP contribution in [0.15, 0.2) is 18.2 Å². The van der Waals surface area contributed by atoms with Gasteiger partial charge >= 0.3 is 0 Å². The lowest BCUT2D eigenvalue weighted by Gasteiger charge is -2.32. The van der Waals surface area contributed by atoms with Gasteiger partial charge in [0.1, 0.15) is 5.75 Å². The summed E-state index contributed by atoms with van der Waals surface area (Å²) in [6, 6.07) is 5.10. The normalized spacial score (nSPS) is 15.2. The molecule has 1 amide bonds. The second-order valence-corrected chi connectivity index (χ2v) is 5.79. The van der Waals surface area contributed by atoms with E-state index in [4.69, 9.17) is 26.8 Å². The second-order valence-electron chi connectivity index (χ2n) is 5.35. The van der Waals surface area contributed by atoms with Crippen LogP contribution in [-0.4, -0.2) is 50.3 Å². The van der Waals surface area contributed by atoms with Gasteiger partial charge in [-0.1, -0.05) is 11.6 Å². The summed E-state index contributed by atoms with van der Waals surface area (Å²) in [4.78, 5) is 14.5. The van der Waals surface area contributed by atoms with Crippen molar-refractivity contribution < 1.29 is 14.3 Å². The third-order valence-corrected chi connectivity index (χ3v) is 4.06. The van der Waals surface area contributed by atoms with Crippen LogP contribution in [0.3, 0.4) is 0 Å². The fourth-order valence-electron chi connectivity index (χ4n) is 2.58. The summed E-state index contributed by atoms with van der Waals surface area (Å²) in [7, 11) is 1.55. The number of methoxy groups -OCH3 is 1. The Hall–Kier alpha value is -1.01. The Kier molecular flexibility index (Phi) is 8.69. The number of piperidine rings is 1. The molecule has 1 aromatic rings. The Balaban J connectivity index is 0.00000264. The first kappa shape index (κ1) is 20.0. The van der Waals surface area contributed by atoms with E-state index in [0.717, 1.165) is 19.3 Å². The molecule has 1 fully saturated rings. The summed E-state index contributed by atoms with van der Waals surface area (Å²) in [5, 5.41) is 0.532. The number of carbonyl (C=O) groups excluding carboxylic acids is 1. The molecule has 0 bridgehead atoms. The summed E-state index contributed by atoms with van der Waals surface area (Å²) < 4.78 is 11.0. The topological polar surface area (TPSA) is 64.8 Å². The van der Waals surface area contributed by atoms with E-state index >= 15 is 0 Å². The maximum absolute atomic E-state index is 12.6. The van der Waals surface area contributed by atoms with Gasteiger partial charge in [-0.05, 0) is 44.0 Å². The molecule has 130 valence electrons. The van der Waals surface area contributed by atoms with Crippen LogP contribution in [0.25, 0.3) is 0 Å². The van der Waals surface area contributed by atoms with Gasteiger partial charge in [0.25, 0.3) is 5.91 Å². The molecule has 1 saturated heterocycles. The van der Waals surface area contributed by atoms with Crippen LogP contribution >= 0.6 is 24.0 Å². The van der Waals surface area contributed by atoms with E-state index in [2.05, 4.69) is 0 Å². The maximum Gasteiger partial charge on any atom is 0.257 e. The number of likely N-dealkylation sites (tertiary alicyclic amines) is 1. The van der Waals surface area contributed by atoms with Crippen LogP contribution in [0, 0.1) is 0 Å². The number of hydrogen-bond acceptors (Lipinski definition) is 4. The average molecular weight is 363 g/mol.